The zero-order chi connectivity index (χ0) is 19.9. The lowest BCUT2D eigenvalue weighted by Gasteiger charge is -2.21. The van der Waals surface area contributed by atoms with Crippen molar-refractivity contribution >= 4 is 23.4 Å². The van der Waals surface area contributed by atoms with Crippen molar-refractivity contribution in [1.29, 1.82) is 0 Å². The molecule has 0 bridgehead atoms. The van der Waals surface area contributed by atoms with Crippen molar-refractivity contribution in [3.8, 4) is 0 Å². The highest BCUT2D eigenvalue weighted by Gasteiger charge is 2.23. The smallest absolute Gasteiger partial charge is 0.319 e. The molecule has 2 heterocycles. The third kappa shape index (κ3) is 5.00. The molecule has 0 saturated carbocycles. The fraction of sp³-hybridized carbons (Fsp3) is 0.381. The lowest BCUT2D eigenvalue weighted by atomic mass is 9.98. The molecule has 1 fully saturated rings. The predicted octanol–water partition coefficient (Wildman–Crippen LogP) is 2.68. The van der Waals surface area contributed by atoms with Crippen LogP contribution >= 0.6 is 0 Å². The van der Waals surface area contributed by atoms with Gasteiger partial charge in [-0.05, 0) is 30.5 Å². The minimum Gasteiger partial charge on any atom is -0.357 e. The van der Waals surface area contributed by atoms with Gasteiger partial charge in [0.1, 0.15) is 5.82 Å². The van der Waals surface area contributed by atoms with Gasteiger partial charge in [0, 0.05) is 33.7 Å². The van der Waals surface area contributed by atoms with Crippen molar-refractivity contribution in [3.05, 3.63) is 54.2 Å². The largest absolute Gasteiger partial charge is 0.357 e. The van der Waals surface area contributed by atoms with Crippen LogP contribution in [-0.2, 0) is 4.79 Å². The van der Waals surface area contributed by atoms with Gasteiger partial charge in [-0.1, -0.05) is 30.3 Å². The Hall–Kier alpha value is -3.09. The van der Waals surface area contributed by atoms with Crippen LogP contribution in [0.5, 0.6) is 0 Å². The monoisotopic (exact) mass is 381 g/mol. The maximum Gasteiger partial charge on any atom is 0.319 e. The fourth-order valence-electron chi connectivity index (χ4n) is 3.31. The molecule has 1 aliphatic heterocycles. The van der Waals surface area contributed by atoms with Crippen LogP contribution in [0.1, 0.15) is 24.3 Å². The molecule has 1 atom stereocenters. The number of nitrogens with one attached hydrogen (secondary N) is 2. The molecule has 2 N–H and O–H groups in total. The Balaban J connectivity index is 1.57. The molecule has 1 aliphatic rings. The molecule has 1 saturated heterocycles. The molecule has 7 nitrogen and oxygen atoms in total. The quantitative estimate of drug-likeness (QED) is 0.806. The van der Waals surface area contributed by atoms with Crippen LogP contribution in [0.15, 0.2) is 48.7 Å². The number of nitrogens with zero attached hydrogens (tertiary/aromatic N) is 3. The minimum absolute atomic E-state index is 0.0527. The maximum atomic E-state index is 12.5. The van der Waals surface area contributed by atoms with Gasteiger partial charge < -0.3 is 20.4 Å². The second kappa shape index (κ2) is 9.21. The highest BCUT2D eigenvalue weighted by atomic mass is 16.2. The third-order valence-electron chi connectivity index (χ3n) is 4.84. The van der Waals surface area contributed by atoms with Gasteiger partial charge in [-0.15, -0.1) is 0 Å². The van der Waals surface area contributed by atoms with Crippen LogP contribution in [-0.4, -0.2) is 55.6 Å². The van der Waals surface area contributed by atoms with Crippen molar-refractivity contribution in [2.75, 3.05) is 43.9 Å². The van der Waals surface area contributed by atoms with Crippen molar-refractivity contribution in [1.82, 2.24) is 15.2 Å². The molecule has 28 heavy (non-hydrogen) atoms. The van der Waals surface area contributed by atoms with Gasteiger partial charge in [-0.25, -0.2) is 9.78 Å². The Morgan fingerprint density at radius 2 is 1.82 bits per heavy atom. The van der Waals surface area contributed by atoms with E-state index in [9.17, 15) is 9.59 Å². The zero-order valence-electron chi connectivity index (χ0n) is 16.4. The number of pyridine rings is 1. The molecule has 2 aromatic rings. The van der Waals surface area contributed by atoms with Crippen molar-refractivity contribution in [3.63, 3.8) is 0 Å². The summed E-state index contributed by atoms with van der Waals surface area (Å²) < 4.78 is 0. The number of anilines is 2. The lowest BCUT2D eigenvalue weighted by Crippen LogP contribution is -2.38. The van der Waals surface area contributed by atoms with Crippen LogP contribution in [0, 0.1) is 0 Å². The van der Waals surface area contributed by atoms with Gasteiger partial charge in [0.15, 0.2) is 0 Å². The summed E-state index contributed by atoms with van der Waals surface area (Å²) in [7, 11) is 3.43. The van der Waals surface area contributed by atoms with Gasteiger partial charge in [0.25, 0.3) is 0 Å². The van der Waals surface area contributed by atoms with Gasteiger partial charge in [0.2, 0.25) is 5.91 Å². The first-order valence-corrected chi connectivity index (χ1v) is 9.56. The average Bonchev–Trinajstić information content (AvgIpc) is 3.24. The molecule has 7 heteroatoms. The summed E-state index contributed by atoms with van der Waals surface area (Å²) in [6.07, 6.45) is 4.05. The highest BCUT2D eigenvalue weighted by molar-refractivity contribution is 5.90. The molecule has 0 radical (unpaired) electrons. The third-order valence-corrected chi connectivity index (χ3v) is 4.84. The Bertz CT molecular complexity index is 786. The van der Waals surface area contributed by atoms with E-state index in [1.54, 1.807) is 20.3 Å². The van der Waals surface area contributed by atoms with E-state index in [-0.39, 0.29) is 18.5 Å². The molecule has 148 valence electrons. The van der Waals surface area contributed by atoms with E-state index < -0.39 is 5.92 Å². The standard InChI is InChI=1S/C21H27N5O2/c1-25(2)20(27)18(16-8-4-3-5-9-16)15-23-21(28)24-17-10-11-19(22-14-17)26-12-6-7-13-26/h3-5,8-11,14,18H,6-7,12-13,15H2,1-2H3,(H2,23,24,28). The second-order valence-corrected chi connectivity index (χ2v) is 7.13. The average molecular weight is 381 g/mol. The Kier molecular flexibility index (Phi) is 6.47. The molecule has 1 unspecified atom stereocenters. The minimum atomic E-state index is -0.433. The van der Waals surface area contributed by atoms with Gasteiger partial charge in [-0.3, -0.25) is 4.79 Å². The Morgan fingerprint density at radius 1 is 1.11 bits per heavy atom. The number of aromatic nitrogens is 1. The van der Waals surface area contributed by atoms with Crippen molar-refractivity contribution in [2.24, 2.45) is 0 Å². The second-order valence-electron chi connectivity index (χ2n) is 7.13. The summed E-state index contributed by atoms with van der Waals surface area (Å²) >= 11 is 0. The molecule has 3 rings (SSSR count). The maximum absolute atomic E-state index is 12.5. The van der Waals surface area contributed by atoms with Gasteiger partial charge in [-0.2, -0.15) is 0 Å². The van der Waals surface area contributed by atoms with E-state index in [1.807, 2.05) is 42.5 Å². The Labute approximate surface area is 165 Å². The topological polar surface area (TPSA) is 77.6 Å². The number of rotatable bonds is 6. The van der Waals surface area contributed by atoms with Gasteiger partial charge >= 0.3 is 6.03 Å². The number of hydrogen-bond acceptors (Lipinski definition) is 4. The van der Waals surface area contributed by atoms with E-state index in [2.05, 4.69) is 20.5 Å². The number of likely N-dealkylation sites (N-methyl/N-ethyl adjacent to an activating group) is 1. The van der Waals surface area contributed by atoms with Crippen LogP contribution < -0.4 is 15.5 Å². The molecule has 3 amide bonds. The predicted molar refractivity (Wildman–Crippen MR) is 111 cm³/mol. The molecule has 1 aromatic carbocycles. The van der Waals surface area contributed by atoms with Gasteiger partial charge in [0.05, 0.1) is 17.8 Å². The summed E-state index contributed by atoms with van der Waals surface area (Å²) in [5.41, 5.74) is 1.49. The summed E-state index contributed by atoms with van der Waals surface area (Å²) in [5, 5.41) is 5.58. The van der Waals surface area contributed by atoms with E-state index >= 15 is 0 Å². The molecule has 0 aliphatic carbocycles. The van der Waals surface area contributed by atoms with Crippen LogP contribution in [0.3, 0.4) is 0 Å². The first-order chi connectivity index (χ1) is 13.5. The van der Waals surface area contributed by atoms with Crippen LogP contribution in [0.2, 0.25) is 0 Å². The van der Waals surface area contributed by atoms with Crippen molar-refractivity contribution < 1.29 is 9.59 Å². The van der Waals surface area contributed by atoms with Crippen LogP contribution in [0.4, 0.5) is 16.3 Å². The molecular weight excluding hydrogens is 354 g/mol. The normalized spacial score (nSPS) is 14.4. The zero-order valence-corrected chi connectivity index (χ0v) is 16.4. The molecule has 0 spiro atoms. The lowest BCUT2D eigenvalue weighted by molar-refractivity contribution is -0.130. The number of benzene rings is 1. The van der Waals surface area contributed by atoms with Crippen molar-refractivity contribution in [2.45, 2.75) is 18.8 Å². The summed E-state index contributed by atoms with van der Waals surface area (Å²) in [6.45, 7) is 2.27. The van der Waals surface area contributed by atoms with E-state index in [0.29, 0.717) is 5.69 Å². The van der Waals surface area contributed by atoms with E-state index in [0.717, 1.165) is 24.5 Å². The fourth-order valence-corrected chi connectivity index (χ4v) is 3.31. The van der Waals surface area contributed by atoms with E-state index in [1.165, 1.54) is 17.7 Å². The number of carbonyl (C=O) groups excluding carboxylic acids is 2. The molecule has 1 aromatic heterocycles. The Morgan fingerprint density at radius 3 is 2.43 bits per heavy atom. The number of carbonyl (C=O) groups is 2. The summed E-state index contributed by atoms with van der Waals surface area (Å²) in [6, 6.07) is 12.9. The summed E-state index contributed by atoms with van der Waals surface area (Å²) in [4.78, 5) is 33.0. The molecular formula is C21H27N5O2. The number of urea groups is 1. The first kappa shape index (κ1) is 19.7. The SMILES string of the molecule is CN(C)C(=O)C(CNC(=O)Nc1ccc(N2CCCC2)nc1)c1ccccc1. The van der Waals surface area contributed by atoms with Crippen LogP contribution in [0.25, 0.3) is 0 Å². The first-order valence-electron chi connectivity index (χ1n) is 9.56. The number of amides is 3. The number of hydrogen-bond donors (Lipinski definition) is 2. The summed E-state index contributed by atoms with van der Waals surface area (Å²) in [5.74, 6) is 0.449. The highest BCUT2D eigenvalue weighted by Crippen LogP contribution is 2.19. The van der Waals surface area contributed by atoms with E-state index in [4.69, 9.17) is 0 Å².